The van der Waals surface area contributed by atoms with Crippen LogP contribution >= 0.6 is 0 Å². The highest BCUT2D eigenvalue weighted by Crippen LogP contribution is 2.93. The van der Waals surface area contributed by atoms with Gasteiger partial charge in [-0.1, -0.05) is 99.1 Å². The first kappa shape index (κ1) is 59.2. The van der Waals surface area contributed by atoms with Crippen LogP contribution in [0.15, 0.2) is 83.2 Å². The molecule has 22 rings (SSSR count). The number of benzene rings is 1. The molecule has 8 spiro atoms. The molecule has 11 saturated carbocycles. The summed E-state index contributed by atoms with van der Waals surface area (Å²) in [5.41, 5.74) is -6.07. The summed E-state index contributed by atoms with van der Waals surface area (Å²) in [6, 6.07) is 13.3. The van der Waals surface area contributed by atoms with Crippen LogP contribution < -0.4 is 5.32 Å². The number of epoxide rings is 1. The van der Waals surface area contributed by atoms with Crippen LogP contribution in [0.3, 0.4) is 0 Å². The number of cyclic esters (lactones) is 1. The molecule has 13 heteroatoms. The van der Waals surface area contributed by atoms with Crippen LogP contribution in [-0.4, -0.2) is 106 Å². The summed E-state index contributed by atoms with van der Waals surface area (Å²) in [4.78, 5) is 53.8. The standard InChI is InChI=1S/C83H100N2O11/c1-74-38-52-39-76-43-75(25-5-6-26-75)40-55(76)35-54-36-65-77-28-21-48-12-7-15-56(48)59(77)16-8-14-53(77)22-29-79(65)68-66(88)70(89)81(67(52)78(68)44-93-72(90)69(76)82(54,78)96-79)61-33-47(32-46-10-3-2-4-11-46)17-18-49(61)13-9-27-80(74,95-73(91)71-83(74,81)94-71)60-24-31-92-64(60)37-58(63(87)42-86)50-19-20-57-51(34-50)23-30-85-45-84-41-62(57)85/h2-4,8,10-11,14,23-24,30-31,36,47-53,55-59,61-63,65,67-71,84,86-87,89H,5-7,12,15-22,25-29,32-35,37-45H2,1H3/t47-,48-,49+,50-,51+,52-,53+,55+,56-,57+,58-,59+,61-,62-,63+,65-,67+,68-,69-,70+,71+,74-,76+,77-,78+,79-,80-,81-,82-,83+/m0/s1. The van der Waals surface area contributed by atoms with Gasteiger partial charge in [0.1, 0.15) is 29.7 Å². The van der Waals surface area contributed by atoms with Crippen molar-refractivity contribution in [3.05, 3.63) is 95.6 Å². The Balaban J connectivity index is 0.777. The molecule has 1 aromatic heterocycles. The minimum Gasteiger partial charge on any atom is -0.469 e. The van der Waals surface area contributed by atoms with Gasteiger partial charge < -0.3 is 43.6 Å². The number of esters is 2. The van der Waals surface area contributed by atoms with Crippen molar-refractivity contribution in [2.75, 3.05) is 26.4 Å². The number of nitrogens with zero attached hydrogens (tertiary/aromatic N) is 1. The van der Waals surface area contributed by atoms with E-state index in [-0.39, 0.29) is 83.6 Å². The fourth-order valence-corrected chi connectivity index (χ4v) is 32.7. The zero-order valence-electron chi connectivity index (χ0n) is 56.3. The number of carbonyl (C=O) groups excluding carboxylic acids is 3. The lowest BCUT2D eigenvalue weighted by Crippen LogP contribution is -2.84. The highest BCUT2D eigenvalue weighted by Gasteiger charge is 3.01. The number of Topliss-reactive ketones (excluding diaryl/α,β-unsaturated/α-hetero) is 1. The van der Waals surface area contributed by atoms with E-state index in [2.05, 4.69) is 89.8 Å². The molecular formula is C83H100N2O11. The van der Waals surface area contributed by atoms with Crippen molar-refractivity contribution >= 4 is 17.7 Å². The lowest BCUT2D eigenvalue weighted by molar-refractivity contribution is -0.315. The van der Waals surface area contributed by atoms with E-state index < -0.39 is 92.0 Å². The van der Waals surface area contributed by atoms with Gasteiger partial charge in [-0.05, 0) is 245 Å². The summed E-state index contributed by atoms with van der Waals surface area (Å²) in [5, 5.41) is 42.5. The minimum atomic E-state index is -1.56. The lowest BCUT2D eigenvalue weighted by atomic mass is 9.28. The normalized spacial score (nSPS) is 54.0. The van der Waals surface area contributed by atoms with Crippen molar-refractivity contribution in [3.63, 3.8) is 0 Å². The van der Waals surface area contributed by atoms with Crippen LogP contribution in [0.1, 0.15) is 178 Å². The second-order valence-electron chi connectivity index (χ2n) is 37.2. The van der Waals surface area contributed by atoms with Crippen LogP contribution in [0.2, 0.25) is 0 Å². The maximum absolute atomic E-state index is 18.4. The van der Waals surface area contributed by atoms with Gasteiger partial charge in [0.15, 0.2) is 17.5 Å². The third-order valence-electron chi connectivity index (χ3n) is 35.0. The Bertz CT molecular complexity index is 3840. The van der Waals surface area contributed by atoms with Gasteiger partial charge in [-0.25, -0.2) is 4.79 Å². The van der Waals surface area contributed by atoms with E-state index in [1.165, 1.54) is 49.7 Å². The Kier molecular flexibility index (Phi) is 12.0. The Hall–Kier alpha value is -4.55. The number of nitrogens with one attached hydrogen (secondary N) is 1. The molecule has 8 heterocycles. The average molecular weight is 1300 g/mol. The quantitative estimate of drug-likeness (QED) is 0.0849. The van der Waals surface area contributed by atoms with Crippen molar-refractivity contribution in [2.24, 2.45) is 133 Å². The SMILES string of the molecule is C[C@]12C[C@H]3C[C@@]45CC6(CCCC6)C[C@H]4CC4=C[C@@H]6[C@]7(CC[C@H]8C=CC[C@@H]9[C@H]%10CCC[C@H]%10CC[C@]896)O[C@]46[C@H]5C(=O)OC[C@@]64[C@@H]7C(=O)[C@@H](O)[C@@]5([C@H]34)[C@H]3C[C@H](Cc4ccccc4)CC[C@H]3C#CC[C@@]1(c1ccoc1C[C@@H]([C@H]1CC[C@@H]3[C@H](C=CN4CNC[C@@H]34)C1)[C@H](O)CO)OC(=O)[C@H]1O[C@@]152. The second kappa shape index (κ2) is 19.5. The number of ketones is 1. The number of ether oxygens (including phenoxy) is 4. The molecule has 13 nitrogen and oxygen atoms in total. The van der Waals surface area contributed by atoms with E-state index in [0.29, 0.717) is 67.1 Å². The van der Waals surface area contributed by atoms with Gasteiger partial charge in [-0.15, -0.1) is 0 Å². The summed E-state index contributed by atoms with van der Waals surface area (Å²) in [6.07, 6.45) is 34.9. The van der Waals surface area contributed by atoms with E-state index in [9.17, 15) is 10.2 Å². The fourth-order valence-electron chi connectivity index (χ4n) is 32.7. The number of aliphatic hydroxyl groups is 3. The predicted octanol–water partition coefficient (Wildman–Crippen LogP) is 11.5. The lowest BCUT2D eigenvalue weighted by Gasteiger charge is -2.74. The highest BCUT2D eigenvalue weighted by atomic mass is 16.7. The zero-order chi connectivity index (χ0) is 64.1. The Labute approximate surface area is 565 Å². The van der Waals surface area contributed by atoms with Crippen molar-refractivity contribution in [1.29, 1.82) is 0 Å². The Morgan fingerprint density at radius 2 is 1.75 bits per heavy atom. The second-order valence-corrected chi connectivity index (χ2v) is 37.2. The molecule has 9 bridgehead atoms. The van der Waals surface area contributed by atoms with Gasteiger partial charge in [0.05, 0.1) is 54.9 Å². The Morgan fingerprint density at radius 3 is 2.62 bits per heavy atom. The maximum atomic E-state index is 18.4. The first-order valence-electron chi connectivity index (χ1n) is 39.1. The third-order valence-corrected chi connectivity index (χ3v) is 35.0. The molecule has 96 heavy (non-hydrogen) atoms. The smallest absolute Gasteiger partial charge is 0.339 e. The van der Waals surface area contributed by atoms with E-state index in [1.54, 1.807) is 6.26 Å². The van der Waals surface area contributed by atoms with Crippen molar-refractivity contribution in [2.45, 2.75) is 221 Å². The molecular weight excluding hydrogens is 1200 g/mol. The van der Waals surface area contributed by atoms with Gasteiger partial charge in [0, 0.05) is 47.2 Å². The molecule has 508 valence electrons. The molecule has 7 aliphatic heterocycles. The molecule has 1 aromatic carbocycles. The van der Waals surface area contributed by atoms with E-state index >= 15 is 19.5 Å². The highest BCUT2D eigenvalue weighted by molar-refractivity contribution is 5.94. The van der Waals surface area contributed by atoms with E-state index in [1.807, 2.05) is 6.07 Å². The summed E-state index contributed by atoms with van der Waals surface area (Å²) < 4.78 is 38.8. The van der Waals surface area contributed by atoms with E-state index in [0.717, 1.165) is 121 Å². The maximum Gasteiger partial charge on any atom is 0.339 e. The molecule has 0 radical (unpaired) electrons. The molecule has 4 N–H and O–H groups in total. The molecule has 13 aliphatic carbocycles. The largest absolute Gasteiger partial charge is 0.469 e. The Morgan fingerprint density at radius 1 is 0.865 bits per heavy atom. The summed E-state index contributed by atoms with van der Waals surface area (Å²) in [6.45, 7) is 3.83. The summed E-state index contributed by atoms with van der Waals surface area (Å²) >= 11 is 0. The molecule has 5 saturated heterocycles. The molecule has 0 unspecified atom stereocenters. The number of hydrogen-bond donors (Lipinski definition) is 4. The number of furan rings is 1. The summed E-state index contributed by atoms with van der Waals surface area (Å²) in [5.74, 6) is 8.14. The molecule has 20 aliphatic rings. The molecule has 0 amide bonds. The van der Waals surface area contributed by atoms with Crippen LogP contribution in [0.4, 0.5) is 0 Å². The van der Waals surface area contributed by atoms with Crippen LogP contribution in [0.5, 0.6) is 0 Å². The fraction of sp³-hybridized carbons (Fsp3) is 0.747. The van der Waals surface area contributed by atoms with Crippen LogP contribution in [0, 0.1) is 145 Å². The third kappa shape index (κ3) is 6.61. The topological polar surface area (TPSA) is 181 Å². The molecule has 30 atom stereocenters. The van der Waals surface area contributed by atoms with Crippen LogP contribution in [-0.2, 0) is 51.8 Å². The van der Waals surface area contributed by atoms with E-state index in [4.69, 9.17) is 23.4 Å². The van der Waals surface area contributed by atoms with Crippen molar-refractivity contribution in [3.8, 4) is 11.8 Å². The van der Waals surface area contributed by atoms with Gasteiger partial charge in [-0.3, -0.25) is 14.9 Å². The first-order chi connectivity index (χ1) is 46.7. The van der Waals surface area contributed by atoms with Crippen molar-refractivity contribution in [1.82, 2.24) is 10.2 Å². The first-order valence-corrected chi connectivity index (χ1v) is 39.1. The summed E-state index contributed by atoms with van der Waals surface area (Å²) in [7, 11) is 0. The predicted molar refractivity (Wildman–Crippen MR) is 353 cm³/mol. The number of allylic oxidation sites excluding steroid dienone is 3. The number of aliphatic hydroxyl groups excluding tert-OH is 3. The minimum absolute atomic E-state index is 0.0505. The molecule has 2 aromatic rings. The zero-order valence-corrected chi connectivity index (χ0v) is 56.3. The van der Waals surface area contributed by atoms with Gasteiger partial charge in [0.25, 0.3) is 0 Å². The number of rotatable bonds is 8. The van der Waals surface area contributed by atoms with Gasteiger partial charge >= 0.3 is 11.9 Å². The number of hydrogen-bond acceptors (Lipinski definition) is 13. The number of fused-ring (bicyclic) bond motifs is 6. The van der Waals surface area contributed by atoms with Crippen molar-refractivity contribution < 1.29 is 53.1 Å². The average Bonchev–Trinajstić information content (AvgIpc) is 1.41. The molecule has 16 fully saturated rings. The van der Waals surface area contributed by atoms with Gasteiger partial charge in [0.2, 0.25) is 0 Å². The van der Waals surface area contributed by atoms with Crippen LogP contribution in [0.25, 0.3) is 0 Å². The monoisotopic (exact) mass is 1300 g/mol. The number of carbonyl (C=O) groups is 3. The van der Waals surface area contributed by atoms with Gasteiger partial charge in [-0.2, -0.15) is 0 Å².